The van der Waals surface area contributed by atoms with Crippen LogP contribution in [0.5, 0.6) is 0 Å². The Morgan fingerprint density at radius 1 is 1.53 bits per heavy atom. The Balaban J connectivity index is 2.11. The van der Waals surface area contributed by atoms with E-state index in [0.717, 1.165) is 13.1 Å². The van der Waals surface area contributed by atoms with Gasteiger partial charge in [0.1, 0.15) is 12.7 Å². The maximum Gasteiger partial charge on any atom is 0.346 e. The zero-order chi connectivity index (χ0) is 13.8. The van der Waals surface area contributed by atoms with Gasteiger partial charge in [0.25, 0.3) is 0 Å². The van der Waals surface area contributed by atoms with Gasteiger partial charge in [0, 0.05) is 25.7 Å². The quantitative estimate of drug-likeness (QED) is 0.778. The molecular formula is C12H18N6O. The molecule has 0 N–H and O–H groups in total. The van der Waals surface area contributed by atoms with Crippen molar-refractivity contribution in [3.63, 3.8) is 0 Å². The Labute approximate surface area is 112 Å². The summed E-state index contributed by atoms with van der Waals surface area (Å²) in [7, 11) is 0. The van der Waals surface area contributed by atoms with Gasteiger partial charge >= 0.3 is 6.03 Å². The average molecular weight is 262 g/mol. The van der Waals surface area contributed by atoms with Crippen molar-refractivity contribution in [3.05, 3.63) is 12.7 Å². The first-order valence-electron chi connectivity index (χ1n) is 6.40. The number of aromatic nitrogens is 3. The first kappa shape index (κ1) is 13.5. The average Bonchev–Trinajstić information content (AvgIpc) is 2.92. The highest BCUT2D eigenvalue weighted by molar-refractivity contribution is 5.76. The van der Waals surface area contributed by atoms with Crippen LogP contribution in [0.25, 0.3) is 0 Å². The summed E-state index contributed by atoms with van der Waals surface area (Å²) in [5.41, 5.74) is 0. The lowest BCUT2D eigenvalue weighted by atomic mass is 10.1. The number of carbonyl (C=O) groups excluding carboxylic acids is 1. The van der Waals surface area contributed by atoms with Crippen LogP contribution in [0, 0.1) is 11.3 Å². The number of hydrogen-bond donors (Lipinski definition) is 0. The summed E-state index contributed by atoms with van der Waals surface area (Å²) < 4.78 is 1.22. The van der Waals surface area contributed by atoms with Crippen molar-refractivity contribution in [2.75, 3.05) is 19.6 Å². The number of rotatable bonds is 2. The Morgan fingerprint density at radius 3 is 2.89 bits per heavy atom. The standard InChI is InChI=1S/C12H18N6O/c1-10(2)16-5-6-17(11(7-16)3-4-13)12(19)18-9-14-8-15-18/h8-11H,3,5-7H2,1-2H3/t11-/m0/s1. The Kier molecular flexibility index (Phi) is 4.12. The second kappa shape index (κ2) is 5.80. The molecule has 7 nitrogen and oxygen atoms in total. The lowest BCUT2D eigenvalue weighted by Gasteiger charge is -2.41. The summed E-state index contributed by atoms with van der Waals surface area (Å²) in [5, 5.41) is 12.8. The van der Waals surface area contributed by atoms with Gasteiger partial charge in [0.15, 0.2) is 0 Å². The lowest BCUT2D eigenvalue weighted by Crippen LogP contribution is -2.57. The second-order valence-corrected chi connectivity index (χ2v) is 4.92. The highest BCUT2D eigenvalue weighted by atomic mass is 16.2. The van der Waals surface area contributed by atoms with Crippen molar-refractivity contribution >= 4 is 6.03 Å². The van der Waals surface area contributed by atoms with E-state index in [1.54, 1.807) is 4.90 Å². The first-order chi connectivity index (χ1) is 9.13. The monoisotopic (exact) mass is 262 g/mol. The smallest absolute Gasteiger partial charge is 0.316 e. The third kappa shape index (κ3) is 2.90. The third-order valence-corrected chi connectivity index (χ3v) is 3.43. The number of nitrogens with zero attached hydrogens (tertiary/aromatic N) is 6. The molecule has 1 atom stereocenters. The fourth-order valence-corrected chi connectivity index (χ4v) is 2.32. The molecule has 2 rings (SSSR count). The van der Waals surface area contributed by atoms with Crippen LogP contribution in [0.15, 0.2) is 12.7 Å². The van der Waals surface area contributed by atoms with Crippen LogP contribution in [-0.4, -0.2) is 62.3 Å². The highest BCUT2D eigenvalue weighted by Crippen LogP contribution is 2.16. The minimum Gasteiger partial charge on any atom is -0.316 e. The van der Waals surface area contributed by atoms with Gasteiger partial charge in [-0.2, -0.15) is 15.0 Å². The summed E-state index contributed by atoms with van der Waals surface area (Å²) in [6, 6.07) is 2.29. The maximum atomic E-state index is 12.3. The van der Waals surface area contributed by atoms with E-state index in [9.17, 15) is 4.79 Å². The van der Waals surface area contributed by atoms with Crippen LogP contribution in [0.2, 0.25) is 0 Å². The van der Waals surface area contributed by atoms with Gasteiger partial charge in [0.2, 0.25) is 0 Å². The van der Waals surface area contributed by atoms with Crippen molar-refractivity contribution in [3.8, 4) is 6.07 Å². The van der Waals surface area contributed by atoms with Crippen LogP contribution in [0.3, 0.4) is 0 Å². The zero-order valence-electron chi connectivity index (χ0n) is 11.2. The summed E-state index contributed by atoms with van der Waals surface area (Å²) >= 11 is 0. The van der Waals surface area contributed by atoms with Crippen LogP contribution >= 0.6 is 0 Å². The van der Waals surface area contributed by atoms with E-state index in [1.165, 1.54) is 17.3 Å². The lowest BCUT2D eigenvalue weighted by molar-refractivity contribution is 0.0772. The second-order valence-electron chi connectivity index (χ2n) is 4.92. The molecule has 1 amide bonds. The molecule has 1 aromatic heterocycles. The largest absolute Gasteiger partial charge is 0.346 e. The van der Waals surface area contributed by atoms with Crippen molar-refractivity contribution in [2.24, 2.45) is 0 Å². The predicted octanol–water partition coefficient (Wildman–Crippen LogP) is 0.554. The molecule has 19 heavy (non-hydrogen) atoms. The van der Waals surface area contributed by atoms with Gasteiger partial charge in [-0.05, 0) is 13.8 Å². The Bertz CT molecular complexity index is 463. The van der Waals surface area contributed by atoms with E-state index < -0.39 is 0 Å². The van der Waals surface area contributed by atoms with Crippen molar-refractivity contribution < 1.29 is 4.79 Å². The fourth-order valence-electron chi connectivity index (χ4n) is 2.32. The highest BCUT2D eigenvalue weighted by Gasteiger charge is 2.32. The summed E-state index contributed by atoms with van der Waals surface area (Å²) in [6.45, 7) is 6.41. The molecule has 0 aromatic carbocycles. The summed E-state index contributed by atoms with van der Waals surface area (Å²) in [4.78, 5) is 20.1. The molecule has 1 aliphatic heterocycles. The fraction of sp³-hybridized carbons (Fsp3) is 0.667. The van der Waals surface area contributed by atoms with Gasteiger partial charge in [-0.3, -0.25) is 4.90 Å². The molecule has 0 radical (unpaired) electrons. The van der Waals surface area contributed by atoms with Crippen molar-refractivity contribution in [2.45, 2.75) is 32.4 Å². The molecular weight excluding hydrogens is 244 g/mol. The number of amides is 1. The maximum absolute atomic E-state index is 12.3. The molecule has 0 unspecified atom stereocenters. The van der Waals surface area contributed by atoms with Gasteiger partial charge in [-0.25, -0.2) is 9.78 Å². The van der Waals surface area contributed by atoms with E-state index in [2.05, 4.69) is 34.9 Å². The number of nitriles is 1. The van der Waals surface area contributed by atoms with Gasteiger partial charge in [0.05, 0.1) is 18.5 Å². The number of piperazine rings is 1. The van der Waals surface area contributed by atoms with E-state index in [1.807, 2.05) is 0 Å². The third-order valence-electron chi connectivity index (χ3n) is 3.43. The van der Waals surface area contributed by atoms with Crippen LogP contribution in [-0.2, 0) is 0 Å². The Hall–Kier alpha value is -1.94. The minimum absolute atomic E-state index is 0.0853. The van der Waals surface area contributed by atoms with Gasteiger partial charge < -0.3 is 4.90 Å². The molecule has 1 saturated heterocycles. The van der Waals surface area contributed by atoms with Gasteiger partial charge in [-0.1, -0.05) is 0 Å². The molecule has 0 aliphatic carbocycles. The van der Waals surface area contributed by atoms with Crippen LogP contribution in [0.4, 0.5) is 4.79 Å². The normalized spacial score (nSPS) is 20.5. The molecule has 0 saturated carbocycles. The number of carbonyl (C=O) groups is 1. The SMILES string of the molecule is CC(C)N1CCN(C(=O)n2cncn2)[C@@H](CC#N)C1. The molecule has 2 heterocycles. The van der Waals surface area contributed by atoms with Crippen LogP contribution < -0.4 is 0 Å². The first-order valence-corrected chi connectivity index (χ1v) is 6.40. The van der Waals surface area contributed by atoms with Crippen LogP contribution in [0.1, 0.15) is 20.3 Å². The van der Waals surface area contributed by atoms with E-state index in [4.69, 9.17) is 5.26 Å². The number of hydrogen-bond acceptors (Lipinski definition) is 5. The minimum atomic E-state index is -0.207. The van der Waals surface area contributed by atoms with Crippen molar-refractivity contribution in [1.82, 2.24) is 24.6 Å². The summed E-state index contributed by atoms with van der Waals surface area (Å²) in [6.07, 6.45) is 3.06. The van der Waals surface area contributed by atoms with E-state index in [-0.39, 0.29) is 12.1 Å². The van der Waals surface area contributed by atoms with Gasteiger partial charge in [-0.15, -0.1) is 0 Å². The molecule has 7 heteroatoms. The molecule has 0 bridgehead atoms. The topological polar surface area (TPSA) is 78.1 Å². The molecule has 1 aromatic rings. The van der Waals surface area contributed by atoms with E-state index in [0.29, 0.717) is 19.0 Å². The van der Waals surface area contributed by atoms with E-state index >= 15 is 0 Å². The molecule has 102 valence electrons. The molecule has 1 aliphatic rings. The predicted molar refractivity (Wildman–Crippen MR) is 68.2 cm³/mol. The summed E-state index contributed by atoms with van der Waals surface area (Å²) in [5.74, 6) is 0. The molecule has 0 spiro atoms. The Morgan fingerprint density at radius 2 is 2.32 bits per heavy atom. The van der Waals surface area contributed by atoms with Crippen molar-refractivity contribution in [1.29, 1.82) is 5.26 Å². The zero-order valence-corrected chi connectivity index (χ0v) is 11.2. The molecule has 1 fully saturated rings.